The van der Waals surface area contributed by atoms with E-state index in [2.05, 4.69) is 20.9 Å². The Morgan fingerprint density at radius 1 is 0.938 bits per heavy atom. The number of hydrogen-bond donors (Lipinski definition) is 3. The summed E-state index contributed by atoms with van der Waals surface area (Å²) in [4.78, 5) is 30.2. The van der Waals surface area contributed by atoms with E-state index in [1.165, 1.54) is 0 Å². The van der Waals surface area contributed by atoms with E-state index in [1.807, 2.05) is 61.5 Å². The van der Waals surface area contributed by atoms with E-state index in [9.17, 15) is 9.59 Å². The van der Waals surface area contributed by atoms with Gasteiger partial charge in [-0.15, -0.1) is 24.0 Å². The summed E-state index contributed by atoms with van der Waals surface area (Å²) in [5.74, 6) is 0.653. The second kappa shape index (κ2) is 15.2. The number of rotatable bonds is 10. The van der Waals surface area contributed by atoms with Crippen molar-refractivity contribution in [3.63, 3.8) is 0 Å². The van der Waals surface area contributed by atoms with Crippen molar-refractivity contribution in [1.29, 1.82) is 0 Å². The lowest BCUT2D eigenvalue weighted by Crippen LogP contribution is -2.38. The third-order valence-electron chi connectivity index (χ3n) is 4.57. The number of halogens is 1. The molecule has 2 amide bonds. The van der Waals surface area contributed by atoms with Gasteiger partial charge in [-0.1, -0.05) is 42.5 Å². The van der Waals surface area contributed by atoms with Gasteiger partial charge in [-0.25, -0.2) is 0 Å². The average Bonchev–Trinajstić information content (AvgIpc) is 2.78. The number of nitrogens with one attached hydrogen (secondary N) is 3. The van der Waals surface area contributed by atoms with Crippen molar-refractivity contribution in [2.24, 2.45) is 4.99 Å². The first kappa shape index (κ1) is 27.4. The SMILES string of the molecule is CCNC(=NCCC(=O)NCc1ccccc1)NCCc1cccc(C(=O)N(C)C)c1.I. The van der Waals surface area contributed by atoms with Crippen molar-refractivity contribution in [1.82, 2.24) is 20.9 Å². The Morgan fingerprint density at radius 3 is 2.34 bits per heavy atom. The highest BCUT2D eigenvalue weighted by Gasteiger charge is 2.08. The molecule has 0 saturated heterocycles. The first-order valence-corrected chi connectivity index (χ1v) is 10.6. The summed E-state index contributed by atoms with van der Waals surface area (Å²) in [6.45, 7) is 4.34. The molecule has 0 fully saturated rings. The average molecular weight is 551 g/mol. The molecule has 0 spiro atoms. The van der Waals surface area contributed by atoms with Gasteiger partial charge >= 0.3 is 0 Å². The number of hydrogen-bond acceptors (Lipinski definition) is 3. The Bertz CT molecular complexity index is 872. The number of nitrogens with zero attached hydrogens (tertiary/aromatic N) is 2. The van der Waals surface area contributed by atoms with Crippen LogP contribution in [0, 0.1) is 0 Å². The van der Waals surface area contributed by atoms with E-state index in [-0.39, 0.29) is 35.8 Å². The van der Waals surface area contributed by atoms with E-state index in [0.29, 0.717) is 37.6 Å². The molecule has 0 aliphatic carbocycles. The van der Waals surface area contributed by atoms with Gasteiger partial charge in [0.25, 0.3) is 5.91 Å². The number of aliphatic imine (C=N–C) groups is 1. The summed E-state index contributed by atoms with van der Waals surface area (Å²) < 4.78 is 0. The number of carbonyl (C=O) groups is 2. The van der Waals surface area contributed by atoms with Crippen LogP contribution in [0.2, 0.25) is 0 Å². The van der Waals surface area contributed by atoms with Crippen LogP contribution in [0.15, 0.2) is 59.6 Å². The van der Waals surface area contributed by atoms with E-state index in [1.54, 1.807) is 19.0 Å². The van der Waals surface area contributed by atoms with Crippen molar-refractivity contribution in [2.75, 3.05) is 33.7 Å². The van der Waals surface area contributed by atoms with Crippen molar-refractivity contribution in [3.8, 4) is 0 Å². The highest BCUT2D eigenvalue weighted by molar-refractivity contribution is 14.0. The van der Waals surface area contributed by atoms with Gasteiger partial charge in [-0.3, -0.25) is 14.6 Å². The first-order valence-electron chi connectivity index (χ1n) is 10.6. The Hall–Kier alpha value is -2.62. The highest BCUT2D eigenvalue weighted by Crippen LogP contribution is 2.07. The second-order valence-corrected chi connectivity index (χ2v) is 7.35. The van der Waals surface area contributed by atoms with Crippen LogP contribution in [-0.2, 0) is 17.8 Å². The van der Waals surface area contributed by atoms with Crippen molar-refractivity contribution < 1.29 is 9.59 Å². The molecule has 0 saturated carbocycles. The molecule has 0 aliphatic rings. The van der Waals surface area contributed by atoms with Crippen LogP contribution < -0.4 is 16.0 Å². The van der Waals surface area contributed by atoms with Crippen LogP contribution in [0.25, 0.3) is 0 Å². The third kappa shape index (κ3) is 10.1. The molecule has 0 aliphatic heterocycles. The van der Waals surface area contributed by atoms with Crippen LogP contribution in [0.1, 0.15) is 34.8 Å². The molecule has 3 N–H and O–H groups in total. The molecule has 32 heavy (non-hydrogen) atoms. The maximum Gasteiger partial charge on any atom is 0.253 e. The molecule has 8 heteroatoms. The molecule has 0 unspecified atom stereocenters. The van der Waals surface area contributed by atoms with Gasteiger partial charge in [-0.2, -0.15) is 0 Å². The van der Waals surface area contributed by atoms with E-state index < -0.39 is 0 Å². The lowest BCUT2D eigenvalue weighted by molar-refractivity contribution is -0.121. The van der Waals surface area contributed by atoms with Crippen LogP contribution in [0.4, 0.5) is 0 Å². The van der Waals surface area contributed by atoms with E-state index in [4.69, 9.17) is 0 Å². The van der Waals surface area contributed by atoms with Crippen LogP contribution in [-0.4, -0.2) is 56.4 Å². The molecule has 0 heterocycles. The highest BCUT2D eigenvalue weighted by atomic mass is 127. The zero-order valence-corrected chi connectivity index (χ0v) is 21.4. The van der Waals surface area contributed by atoms with Crippen LogP contribution >= 0.6 is 24.0 Å². The number of guanidine groups is 1. The third-order valence-corrected chi connectivity index (χ3v) is 4.57. The topological polar surface area (TPSA) is 85.8 Å². The fraction of sp³-hybridized carbons (Fsp3) is 0.375. The normalized spacial score (nSPS) is 10.7. The molecule has 2 rings (SSSR count). The predicted octanol–water partition coefficient (Wildman–Crippen LogP) is 2.81. The molecule has 0 aromatic heterocycles. The largest absolute Gasteiger partial charge is 0.357 e. The molecule has 0 bridgehead atoms. The van der Waals surface area contributed by atoms with Crippen LogP contribution in [0.5, 0.6) is 0 Å². The number of amides is 2. The Morgan fingerprint density at radius 2 is 1.66 bits per heavy atom. The summed E-state index contributed by atoms with van der Waals surface area (Å²) >= 11 is 0. The Labute approximate surface area is 208 Å². The van der Waals surface area contributed by atoms with Gasteiger partial charge in [0.15, 0.2) is 5.96 Å². The molecular weight excluding hydrogens is 517 g/mol. The van der Waals surface area contributed by atoms with E-state index in [0.717, 1.165) is 24.1 Å². The lowest BCUT2D eigenvalue weighted by atomic mass is 10.1. The van der Waals surface area contributed by atoms with Gasteiger partial charge in [0.2, 0.25) is 5.91 Å². The second-order valence-electron chi connectivity index (χ2n) is 7.35. The minimum atomic E-state index is -0.0224. The predicted molar refractivity (Wildman–Crippen MR) is 140 cm³/mol. The fourth-order valence-electron chi connectivity index (χ4n) is 2.94. The standard InChI is InChI=1S/C24H33N5O2.HI/c1-4-25-24(27-16-14-22(30)28-18-20-9-6-5-7-10-20)26-15-13-19-11-8-12-21(17-19)23(31)29(2)3;/h5-12,17H,4,13-16,18H2,1-3H3,(H,28,30)(H2,25,26,27);1H. The molecule has 0 atom stereocenters. The number of benzene rings is 2. The number of carbonyl (C=O) groups excluding carboxylic acids is 2. The van der Waals surface area contributed by atoms with Crippen molar-refractivity contribution >= 4 is 41.8 Å². The Balaban J connectivity index is 0.00000512. The summed E-state index contributed by atoms with van der Waals surface area (Å²) in [5, 5.41) is 9.39. The molecule has 2 aromatic carbocycles. The molecule has 0 radical (unpaired) electrons. The molecule has 7 nitrogen and oxygen atoms in total. The summed E-state index contributed by atoms with van der Waals surface area (Å²) in [6.07, 6.45) is 1.09. The van der Waals surface area contributed by atoms with Gasteiger partial charge in [0, 0.05) is 45.7 Å². The maximum atomic E-state index is 12.1. The minimum absolute atomic E-state index is 0. The maximum absolute atomic E-state index is 12.1. The Kier molecular flexibility index (Phi) is 13.0. The lowest BCUT2D eigenvalue weighted by Gasteiger charge is -2.13. The zero-order chi connectivity index (χ0) is 22.5. The molecular formula is C24H34IN5O2. The van der Waals surface area contributed by atoms with Gasteiger partial charge in [0.1, 0.15) is 0 Å². The minimum Gasteiger partial charge on any atom is -0.357 e. The quantitative estimate of drug-likeness (QED) is 0.241. The first-order chi connectivity index (χ1) is 15.0. The molecule has 2 aromatic rings. The summed E-state index contributed by atoms with van der Waals surface area (Å²) in [5.41, 5.74) is 2.84. The van der Waals surface area contributed by atoms with Crippen molar-refractivity contribution in [3.05, 3.63) is 71.3 Å². The fourth-order valence-corrected chi connectivity index (χ4v) is 2.94. The summed E-state index contributed by atoms with van der Waals surface area (Å²) in [6, 6.07) is 17.5. The monoisotopic (exact) mass is 551 g/mol. The van der Waals surface area contributed by atoms with Gasteiger partial charge in [0.05, 0.1) is 6.54 Å². The smallest absolute Gasteiger partial charge is 0.253 e. The molecule has 174 valence electrons. The van der Waals surface area contributed by atoms with Gasteiger partial charge in [-0.05, 0) is 36.6 Å². The van der Waals surface area contributed by atoms with Gasteiger partial charge < -0.3 is 20.9 Å². The zero-order valence-electron chi connectivity index (χ0n) is 19.1. The summed E-state index contributed by atoms with van der Waals surface area (Å²) in [7, 11) is 3.50. The van der Waals surface area contributed by atoms with E-state index >= 15 is 0 Å². The van der Waals surface area contributed by atoms with Crippen molar-refractivity contribution in [2.45, 2.75) is 26.3 Å². The van der Waals surface area contributed by atoms with Crippen LogP contribution in [0.3, 0.4) is 0 Å².